The first-order valence-electron chi connectivity index (χ1n) is 9.20. The molecule has 29 heavy (non-hydrogen) atoms. The summed E-state index contributed by atoms with van der Waals surface area (Å²) < 4.78 is 10.5. The number of aliphatic hydroxyl groups excluding tert-OH is 3. The number of ether oxygens (including phenoxy) is 2. The van der Waals surface area contributed by atoms with Gasteiger partial charge in [0.2, 0.25) is 0 Å². The minimum absolute atomic E-state index is 0.252. The highest BCUT2D eigenvalue weighted by Gasteiger charge is 2.42. The smallest absolute Gasteiger partial charge is 0.338 e. The fourth-order valence-corrected chi connectivity index (χ4v) is 3.00. The Morgan fingerprint density at radius 3 is 2.24 bits per heavy atom. The number of esters is 1. The maximum Gasteiger partial charge on any atom is 0.338 e. The van der Waals surface area contributed by atoms with Crippen LogP contribution in [0.4, 0.5) is 5.69 Å². The summed E-state index contributed by atoms with van der Waals surface area (Å²) >= 11 is 0. The normalized spacial score (nSPS) is 26.6. The zero-order valence-electron chi connectivity index (χ0n) is 15.8. The number of hydrogen-bond donors (Lipinski definition) is 4. The van der Waals surface area contributed by atoms with E-state index in [4.69, 9.17) is 9.47 Å². The second-order valence-electron chi connectivity index (χ2n) is 6.85. The lowest BCUT2D eigenvalue weighted by atomic mass is 9.96. The van der Waals surface area contributed by atoms with Gasteiger partial charge in [0.1, 0.15) is 31.0 Å². The molecule has 1 heterocycles. The van der Waals surface area contributed by atoms with E-state index in [1.807, 2.05) is 6.07 Å². The highest BCUT2D eigenvalue weighted by atomic mass is 16.6. The van der Waals surface area contributed by atoms with Crippen molar-refractivity contribution in [3.05, 3.63) is 65.7 Å². The molecule has 0 aromatic heterocycles. The van der Waals surface area contributed by atoms with E-state index in [9.17, 15) is 24.9 Å². The summed E-state index contributed by atoms with van der Waals surface area (Å²) in [4.78, 5) is 24.4. The van der Waals surface area contributed by atoms with Crippen molar-refractivity contribution in [3.63, 3.8) is 0 Å². The molecule has 1 fully saturated rings. The van der Waals surface area contributed by atoms with E-state index in [1.54, 1.807) is 43.3 Å². The third-order valence-electron chi connectivity index (χ3n) is 4.74. The third-order valence-corrected chi connectivity index (χ3v) is 4.74. The van der Waals surface area contributed by atoms with Crippen LogP contribution in [0.1, 0.15) is 27.6 Å². The molecule has 8 heteroatoms. The van der Waals surface area contributed by atoms with E-state index >= 15 is 0 Å². The number of amides is 1. The monoisotopic (exact) mass is 401 g/mol. The van der Waals surface area contributed by atoms with Gasteiger partial charge in [-0.3, -0.25) is 4.79 Å². The second-order valence-corrected chi connectivity index (χ2v) is 6.85. The number of aliphatic hydroxyl groups is 3. The van der Waals surface area contributed by atoms with Gasteiger partial charge in [-0.2, -0.15) is 0 Å². The average Bonchev–Trinajstić information content (AvgIpc) is 2.74. The zero-order valence-corrected chi connectivity index (χ0v) is 15.8. The van der Waals surface area contributed by atoms with Crippen LogP contribution in [0.5, 0.6) is 0 Å². The fourth-order valence-electron chi connectivity index (χ4n) is 3.00. The lowest BCUT2D eigenvalue weighted by Crippen LogP contribution is -2.57. The van der Waals surface area contributed by atoms with Gasteiger partial charge in [-0.05, 0) is 43.3 Å². The predicted molar refractivity (Wildman–Crippen MR) is 103 cm³/mol. The van der Waals surface area contributed by atoms with Crippen LogP contribution in [0.25, 0.3) is 0 Å². The molecule has 0 saturated carbocycles. The van der Waals surface area contributed by atoms with Crippen LogP contribution in [-0.2, 0) is 9.47 Å². The molecule has 2 aromatic carbocycles. The van der Waals surface area contributed by atoms with Crippen LogP contribution < -0.4 is 5.32 Å². The summed E-state index contributed by atoms with van der Waals surface area (Å²) in [5.74, 6) is -0.908. The van der Waals surface area contributed by atoms with Crippen LogP contribution in [0.15, 0.2) is 54.6 Å². The van der Waals surface area contributed by atoms with Crippen molar-refractivity contribution < 1.29 is 34.4 Å². The van der Waals surface area contributed by atoms with E-state index < -0.39 is 36.5 Å². The first-order valence-corrected chi connectivity index (χ1v) is 9.20. The molecular weight excluding hydrogens is 378 g/mol. The first-order chi connectivity index (χ1) is 13.9. The van der Waals surface area contributed by atoms with Crippen LogP contribution in [0, 0.1) is 0 Å². The molecule has 8 nitrogen and oxygen atoms in total. The Labute approximate surface area is 167 Å². The Hall–Kier alpha value is -2.78. The van der Waals surface area contributed by atoms with Gasteiger partial charge in [-0.1, -0.05) is 18.2 Å². The largest absolute Gasteiger partial charge is 0.459 e. The molecule has 1 amide bonds. The van der Waals surface area contributed by atoms with Gasteiger partial charge in [0.05, 0.1) is 11.7 Å². The molecule has 0 spiro atoms. The minimum Gasteiger partial charge on any atom is -0.459 e. The van der Waals surface area contributed by atoms with E-state index in [0.717, 1.165) is 0 Å². The molecule has 0 radical (unpaired) electrons. The molecule has 4 N–H and O–H groups in total. The molecule has 154 valence electrons. The lowest BCUT2D eigenvalue weighted by Gasteiger charge is -2.38. The summed E-state index contributed by atoms with van der Waals surface area (Å²) in [5, 5.41) is 32.2. The van der Waals surface area contributed by atoms with Crippen LogP contribution >= 0.6 is 0 Å². The number of anilines is 1. The van der Waals surface area contributed by atoms with Crippen molar-refractivity contribution in [1.82, 2.24) is 0 Å². The van der Waals surface area contributed by atoms with Crippen LogP contribution in [0.3, 0.4) is 0 Å². The van der Waals surface area contributed by atoms with Gasteiger partial charge in [0.15, 0.2) is 0 Å². The number of benzene rings is 2. The topological polar surface area (TPSA) is 125 Å². The van der Waals surface area contributed by atoms with E-state index in [-0.39, 0.29) is 18.1 Å². The molecule has 2 aromatic rings. The quantitative estimate of drug-likeness (QED) is 0.550. The van der Waals surface area contributed by atoms with Gasteiger partial charge in [-0.25, -0.2) is 4.79 Å². The number of carbonyl (C=O) groups is 2. The van der Waals surface area contributed by atoms with Crippen LogP contribution in [-0.4, -0.2) is 64.3 Å². The average molecular weight is 401 g/mol. The van der Waals surface area contributed by atoms with E-state index in [1.165, 1.54) is 12.1 Å². The number of nitrogens with one attached hydrogen (secondary N) is 1. The highest BCUT2D eigenvalue weighted by Crippen LogP contribution is 2.21. The summed E-state index contributed by atoms with van der Waals surface area (Å²) in [6.07, 6.45) is -5.61. The molecule has 1 unspecified atom stereocenters. The van der Waals surface area contributed by atoms with E-state index in [0.29, 0.717) is 11.3 Å². The molecule has 0 aliphatic carbocycles. The van der Waals surface area contributed by atoms with Crippen molar-refractivity contribution in [1.29, 1.82) is 0 Å². The van der Waals surface area contributed by atoms with Crippen molar-refractivity contribution >= 4 is 17.6 Å². The second kappa shape index (κ2) is 9.15. The summed E-state index contributed by atoms with van der Waals surface area (Å²) in [7, 11) is 0. The Balaban J connectivity index is 1.54. The molecule has 1 saturated heterocycles. The van der Waals surface area contributed by atoms with Crippen molar-refractivity contribution in [2.75, 3.05) is 11.9 Å². The SMILES string of the molecule is CC1O[C@H](COC(=O)c2ccc(NC(=O)c3ccccc3)cc2)[C@@H](O)[C@H](O)[C@H]1O. The van der Waals surface area contributed by atoms with Gasteiger partial charge in [0, 0.05) is 11.3 Å². The highest BCUT2D eigenvalue weighted by molar-refractivity contribution is 6.04. The molecule has 1 aliphatic rings. The molecule has 0 bridgehead atoms. The molecule has 1 aliphatic heterocycles. The van der Waals surface area contributed by atoms with Gasteiger partial charge < -0.3 is 30.1 Å². The van der Waals surface area contributed by atoms with Crippen LogP contribution in [0.2, 0.25) is 0 Å². The Bertz CT molecular complexity index is 840. The summed E-state index contributed by atoms with van der Waals surface area (Å²) in [6.45, 7) is 1.28. The molecule has 5 atom stereocenters. The van der Waals surface area contributed by atoms with Gasteiger partial charge >= 0.3 is 5.97 Å². The zero-order chi connectivity index (χ0) is 21.0. The van der Waals surface area contributed by atoms with Gasteiger partial charge in [-0.15, -0.1) is 0 Å². The molecular formula is C21H23NO7. The van der Waals surface area contributed by atoms with Crippen molar-refractivity contribution in [2.45, 2.75) is 37.4 Å². The Kier molecular flexibility index (Phi) is 6.60. The van der Waals surface area contributed by atoms with E-state index in [2.05, 4.69) is 5.32 Å². The number of hydrogen-bond acceptors (Lipinski definition) is 7. The predicted octanol–water partition coefficient (Wildman–Crippen LogP) is 0.966. The first kappa shape index (κ1) is 20.9. The maximum atomic E-state index is 12.2. The van der Waals surface area contributed by atoms with Crippen molar-refractivity contribution in [2.24, 2.45) is 0 Å². The summed E-state index contributed by atoms with van der Waals surface area (Å²) in [5.41, 5.74) is 1.29. The number of rotatable bonds is 5. The third kappa shape index (κ3) is 4.99. The summed E-state index contributed by atoms with van der Waals surface area (Å²) in [6, 6.07) is 14.9. The maximum absolute atomic E-state index is 12.2. The number of carbonyl (C=O) groups excluding carboxylic acids is 2. The Morgan fingerprint density at radius 1 is 0.931 bits per heavy atom. The molecule has 3 rings (SSSR count). The Morgan fingerprint density at radius 2 is 1.59 bits per heavy atom. The standard InChI is InChI=1S/C21H23NO7/c1-12-17(23)19(25)18(24)16(29-12)11-28-21(27)14-7-9-15(10-8-14)22-20(26)13-5-3-2-4-6-13/h2-10,12,16-19,23-25H,11H2,1H3,(H,22,26)/t12?,16-,17+,18-,19-/m1/s1. The minimum atomic E-state index is -1.38. The van der Waals surface area contributed by atoms with Gasteiger partial charge in [0.25, 0.3) is 5.91 Å². The fraction of sp³-hybridized carbons (Fsp3) is 0.333. The van der Waals surface area contributed by atoms with Crippen molar-refractivity contribution in [3.8, 4) is 0 Å². The lowest BCUT2D eigenvalue weighted by molar-refractivity contribution is -0.224.